The normalized spacial score (nSPS) is 13.9. The first-order chi connectivity index (χ1) is 25.6. The van der Waals surface area contributed by atoms with Gasteiger partial charge in [-0.3, -0.25) is 0 Å². The highest BCUT2D eigenvalue weighted by molar-refractivity contribution is 7.26. The lowest BCUT2D eigenvalue weighted by molar-refractivity contribution is 0.467. The zero-order valence-corrected chi connectivity index (χ0v) is 33.0. The maximum absolute atomic E-state index is 8.73. The van der Waals surface area contributed by atoms with Gasteiger partial charge in [-0.2, -0.15) is 0 Å². The molecule has 9 rings (SSSR count). The molecule has 0 saturated carbocycles. The van der Waals surface area contributed by atoms with Gasteiger partial charge in [0.05, 0.1) is 11.8 Å². The van der Waals surface area contributed by atoms with Crippen molar-refractivity contribution in [3.63, 3.8) is 0 Å². The molecule has 6 aromatic carbocycles. The minimum Gasteiger partial charge on any atom is -0.458 e. The molecular weight excluding hydrogens is 665 g/mol. The number of anilines is 3. The minimum absolute atomic E-state index is 0.0318. The summed E-state index contributed by atoms with van der Waals surface area (Å²) in [7, 11) is 0. The lowest BCUT2D eigenvalue weighted by Crippen LogP contribution is -2.57. The van der Waals surface area contributed by atoms with Gasteiger partial charge in [-0.05, 0) is 98.5 Å². The van der Waals surface area contributed by atoms with Crippen LogP contribution in [0.2, 0.25) is 0 Å². The standard InChI is InChI=1S/C48H46BNO2S/c1-46(2,3)29-17-22-32(23-18-29)50(33-24-19-30(20-25-33)47(4,5)6)37-28-36-44(45-42(37)34-13-10-11-16-41(34)53-45)52-40-15-12-14-39-43(40)49(36)35-27-31(48(7,8)9)21-26-38(35)51-39/h10-28H,1-9H3/i12D. The van der Waals surface area contributed by atoms with Gasteiger partial charge in [-0.1, -0.05) is 123 Å². The maximum atomic E-state index is 8.73. The second-order valence-electron chi connectivity index (χ2n) is 17.8. The molecule has 2 aliphatic heterocycles. The van der Waals surface area contributed by atoms with E-state index in [0.29, 0.717) is 17.5 Å². The van der Waals surface area contributed by atoms with Crippen molar-refractivity contribution in [3.8, 4) is 23.0 Å². The van der Waals surface area contributed by atoms with Crippen molar-refractivity contribution in [2.75, 3.05) is 4.90 Å². The van der Waals surface area contributed by atoms with Crippen LogP contribution in [0.3, 0.4) is 0 Å². The molecule has 0 amide bonds. The van der Waals surface area contributed by atoms with Gasteiger partial charge in [-0.25, -0.2) is 0 Å². The van der Waals surface area contributed by atoms with Crippen molar-refractivity contribution in [2.45, 2.75) is 78.6 Å². The summed E-state index contributed by atoms with van der Waals surface area (Å²) in [5.41, 5.74) is 10.4. The Morgan fingerprint density at radius 2 is 1.15 bits per heavy atom. The van der Waals surface area contributed by atoms with Gasteiger partial charge in [0.25, 0.3) is 6.71 Å². The van der Waals surface area contributed by atoms with E-state index < -0.39 is 0 Å². The van der Waals surface area contributed by atoms with E-state index in [4.69, 9.17) is 10.8 Å². The summed E-state index contributed by atoms with van der Waals surface area (Å²) in [6.45, 7) is 20.2. The highest BCUT2D eigenvalue weighted by Gasteiger charge is 2.42. The zero-order chi connectivity index (χ0) is 37.9. The van der Waals surface area contributed by atoms with Crippen LogP contribution in [0.1, 0.15) is 80.4 Å². The minimum atomic E-state index is -0.146. The van der Waals surface area contributed by atoms with E-state index in [2.05, 4.69) is 164 Å². The van der Waals surface area contributed by atoms with Gasteiger partial charge < -0.3 is 14.4 Å². The quantitative estimate of drug-likeness (QED) is 0.170. The summed E-state index contributed by atoms with van der Waals surface area (Å²) in [5, 5.41) is 2.36. The second kappa shape index (κ2) is 11.8. The van der Waals surface area contributed by atoms with Crippen molar-refractivity contribution in [1.29, 1.82) is 0 Å². The van der Waals surface area contributed by atoms with Gasteiger partial charge in [0, 0.05) is 32.3 Å². The monoisotopic (exact) mass is 712 g/mol. The third kappa shape index (κ3) is 5.55. The molecule has 7 aromatic rings. The third-order valence-electron chi connectivity index (χ3n) is 11.0. The molecule has 0 saturated heterocycles. The van der Waals surface area contributed by atoms with Crippen molar-refractivity contribution in [1.82, 2.24) is 0 Å². The molecule has 0 fully saturated rings. The molecule has 5 heteroatoms. The maximum Gasteiger partial charge on any atom is 0.260 e. The summed E-state index contributed by atoms with van der Waals surface area (Å²) in [6.07, 6.45) is 0. The SMILES string of the molecule is [2H]c1cc2c3c(c1)Oc1c(cc(N(c4ccc(C(C)(C)C)cc4)c4ccc(C(C)(C)C)cc4)c4c1sc1ccccc14)B3c1cc(C(C)(C)C)ccc1O2. The summed E-state index contributed by atoms with van der Waals surface area (Å²) >= 11 is 1.78. The van der Waals surface area contributed by atoms with Crippen molar-refractivity contribution >= 4 is 71.7 Å². The predicted molar refractivity (Wildman–Crippen MR) is 228 cm³/mol. The average molecular weight is 713 g/mol. The molecule has 3 nitrogen and oxygen atoms in total. The molecule has 1 aromatic heterocycles. The fraction of sp³-hybridized carbons (Fsp3) is 0.250. The van der Waals surface area contributed by atoms with Crippen LogP contribution in [0.4, 0.5) is 17.1 Å². The van der Waals surface area contributed by atoms with E-state index >= 15 is 0 Å². The van der Waals surface area contributed by atoms with Gasteiger partial charge in [0.1, 0.15) is 23.0 Å². The Balaban J connectivity index is 1.38. The number of nitrogens with zero attached hydrogens (tertiary/aromatic N) is 1. The zero-order valence-electron chi connectivity index (χ0n) is 33.1. The number of ether oxygens (including phenoxy) is 2. The fourth-order valence-electron chi connectivity index (χ4n) is 7.98. The van der Waals surface area contributed by atoms with E-state index in [1.165, 1.54) is 26.8 Å². The highest BCUT2D eigenvalue weighted by Crippen LogP contribution is 2.50. The molecule has 0 aliphatic carbocycles. The summed E-state index contributed by atoms with van der Waals surface area (Å²) in [4.78, 5) is 2.44. The first kappa shape index (κ1) is 32.6. The lowest BCUT2D eigenvalue weighted by atomic mass is 9.34. The molecule has 264 valence electrons. The molecule has 0 N–H and O–H groups in total. The van der Waals surface area contributed by atoms with Gasteiger partial charge in [0.15, 0.2) is 0 Å². The molecule has 53 heavy (non-hydrogen) atoms. The molecule has 0 spiro atoms. The Bertz CT molecular complexity index is 2560. The summed E-state index contributed by atoms with van der Waals surface area (Å²) in [6, 6.07) is 40.0. The largest absolute Gasteiger partial charge is 0.458 e. The number of thiophene rings is 1. The molecular formula is C48H46BNO2S. The van der Waals surface area contributed by atoms with Crippen LogP contribution in [0, 0.1) is 0 Å². The Morgan fingerprint density at radius 1 is 0.585 bits per heavy atom. The van der Waals surface area contributed by atoms with Crippen LogP contribution < -0.4 is 30.8 Å². The van der Waals surface area contributed by atoms with Crippen LogP contribution in [0.15, 0.2) is 115 Å². The molecule has 2 aliphatic rings. The van der Waals surface area contributed by atoms with Crippen molar-refractivity contribution in [3.05, 3.63) is 132 Å². The molecule has 0 bridgehead atoms. The van der Waals surface area contributed by atoms with Crippen LogP contribution in [-0.4, -0.2) is 6.71 Å². The Kier molecular flexibility index (Phi) is 7.24. The Labute approximate surface area is 319 Å². The molecule has 0 unspecified atom stereocenters. The Morgan fingerprint density at radius 3 is 1.75 bits per heavy atom. The van der Waals surface area contributed by atoms with Crippen LogP contribution in [0.5, 0.6) is 23.0 Å². The number of hydrogen-bond acceptors (Lipinski definition) is 4. The van der Waals surface area contributed by atoms with Gasteiger partial charge in [0.2, 0.25) is 0 Å². The lowest BCUT2D eigenvalue weighted by Gasteiger charge is -2.35. The van der Waals surface area contributed by atoms with Gasteiger partial charge >= 0.3 is 0 Å². The van der Waals surface area contributed by atoms with Crippen molar-refractivity contribution in [2.24, 2.45) is 0 Å². The van der Waals surface area contributed by atoms with E-state index in [0.717, 1.165) is 55.0 Å². The van der Waals surface area contributed by atoms with E-state index in [-0.39, 0.29) is 23.0 Å². The summed E-state index contributed by atoms with van der Waals surface area (Å²) < 4.78 is 24.7. The number of benzene rings is 6. The first-order valence-electron chi connectivity index (χ1n) is 19.2. The average Bonchev–Trinajstić information content (AvgIpc) is 3.51. The first-order valence-corrected chi connectivity index (χ1v) is 19.5. The van der Waals surface area contributed by atoms with Crippen LogP contribution in [0.25, 0.3) is 20.2 Å². The van der Waals surface area contributed by atoms with E-state index in [1.807, 2.05) is 12.1 Å². The van der Waals surface area contributed by atoms with Crippen molar-refractivity contribution < 1.29 is 10.8 Å². The number of fused-ring (bicyclic) bond motifs is 8. The highest BCUT2D eigenvalue weighted by atomic mass is 32.1. The molecule has 0 radical (unpaired) electrons. The summed E-state index contributed by atoms with van der Waals surface area (Å²) in [5.74, 6) is 3.08. The van der Waals surface area contributed by atoms with Gasteiger partial charge in [-0.15, -0.1) is 11.3 Å². The predicted octanol–water partition coefficient (Wildman–Crippen LogP) is 12.1. The fourth-order valence-corrected chi connectivity index (χ4v) is 9.20. The number of hydrogen-bond donors (Lipinski definition) is 0. The second-order valence-corrected chi connectivity index (χ2v) is 18.8. The molecule has 0 atom stereocenters. The smallest absolute Gasteiger partial charge is 0.260 e. The topological polar surface area (TPSA) is 21.7 Å². The molecule has 3 heterocycles. The van der Waals surface area contributed by atoms with Crippen LogP contribution in [-0.2, 0) is 16.2 Å². The Hall–Kier alpha value is -5.00. The third-order valence-corrected chi connectivity index (χ3v) is 12.2. The van der Waals surface area contributed by atoms with Crippen LogP contribution >= 0.6 is 11.3 Å². The van der Waals surface area contributed by atoms with E-state index in [9.17, 15) is 0 Å². The van der Waals surface area contributed by atoms with E-state index in [1.54, 1.807) is 11.3 Å². The number of rotatable bonds is 3.